The molecule has 5 rings (SSSR count). The third kappa shape index (κ3) is 3.65. The summed E-state index contributed by atoms with van der Waals surface area (Å²) < 4.78 is 2.46. The van der Waals surface area contributed by atoms with Crippen molar-refractivity contribution in [1.82, 2.24) is 14.8 Å². The first-order valence-corrected chi connectivity index (χ1v) is 10.9. The second-order valence-electron chi connectivity index (χ2n) is 8.16. The Morgan fingerprint density at radius 2 is 1.93 bits per heavy atom. The Morgan fingerprint density at radius 1 is 1.13 bits per heavy atom. The van der Waals surface area contributed by atoms with Gasteiger partial charge in [-0.3, -0.25) is 14.5 Å². The lowest BCUT2D eigenvalue weighted by Gasteiger charge is -2.38. The van der Waals surface area contributed by atoms with Crippen LogP contribution >= 0.6 is 12.2 Å². The van der Waals surface area contributed by atoms with E-state index < -0.39 is 0 Å². The van der Waals surface area contributed by atoms with Gasteiger partial charge in [-0.2, -0.15) is 5.10 Å². The van der Waals surface area contributed by atoms with Gasteiger partial charge in [0.15, 0.2) is 4.77 Å². The first kappa shape index (κ1) is 19.1. The van der Waals surface area contributed by atoms with Crippen LogP contribution in [0.1, 0.15) is 29.8 Å². The van der Waals surface area contributed by atoms with E-state index in [9.17, 15) is 4.79 Å². The highest BCUT2D eigenvalue weighted by Gasteiger charge is 2.35. The van der Waals surface area contributed by atoms with Crippen molar-refractivity contribution < 1.29 is 4.79 Å². The van der Waals surface area contributed by atoms with Crippen LogP contribution in [0.25, 0.3) is 0 Å². The standard InChI is InChI=1S/C23H25N5OS/c1-16-7-10-19-20(13-16)27(12-11-26(19)18-8-9-18)22(29)14-21-24-25-23(30)28(21)15-17-5-3-2-4-6-17/h2-7,10,13,18H,8-9,11-12,14-15H2,1H3,(H,25,30). The van der Waals surface area contributed by atoms with Crippen molar-refractivity contribution in [1.29, 1.82) is 0 Å². The number of rotatable bonds is 5. The second-order valence-corrected chi connectivity index (χ2v) is 8.54. The molecule has 0 radical (unpaired) electrons. The Kier molecular flexibility index (Phi) is 4.90. The molecule has 0 saturated heterocycles. The number of carbonyl (C=O) groups is 1. The van der Waals surface area contributed by atoms with E-state index in [0.29, 0.717) is 29.7 Å². The number of amides is 1. The largest absolute Gasteiger partial charge is 0.365 e. The maximum absolute atomic E-state index is 13.4. The lowest BCUT2D eigenvalue weighted by atomic mass is 10.1. The fraction of sp³-hybridized carbons (Fsp3) is 0.348. The van der Waals surface area contributed by atoms with E-state index in [1.807, 2.05) is 27.7 Å². The molecular formula is C23H25N5OS. The molecule has 1 amide bonds. The monoisotopic (exact) mass is 419 g/mol. The van der Waals surface area contributed by atoms with E-state index >= 15 is 0 Å². The van der Waals surface area contributed by atoms with Crippen LogP contribution in [0.4, 0.5) is 11.4 Å². The van der Waals surface area contributed by atoms with Crippen molar-refractivity contribution in [3.8, 4) is 0 Å². The SMILES string of the molecule is Cc1ccc2c(c1)N(C(=O)Cc1n[nH]c(=S)n1Cc1ccccc1)CCN2C1CC1. The predicted octanol–water partition coefficient (Wildman–Crippen LogP) is 3.86. The van der Waals surface area contributed by atoms with Crippen LogP contribution in [0.2, 0.25) is 0 Å². The molecule has 0 bridgehead atoms. The van der Waals surface area contributed by atoms with Crippen molar-refractivity contribution in [2.75, 3.05) is 22.9 Å². The first-order chi connectivity index (χ1) is 14.6. The van der Waals surface area contributed by atoms with Crippen molar-refractivity contribution in [3.05, 3.63) is 70.3 Å². The van der Waals surface area contributed by atoms with Gasteiger partial charge in [-0.15, -0.1) is 0 Å². The third-order valence-electron chi connectivity index (χ3n) is 5.91. The summed E-state index contributed by atoms with van der Waals surface area (Å²) in [6.45, 7) is 4.26. The maximum atomic E-state index is 13.4. The summed E-state index contributed by atoms with van der Waals surface area (Å²) >= 11 is 5.43. The van der Waals surface area contributed by atoms with Crippen LogP contribution in [0.5, 0.6) is 0 Å². The van der Waals surface area contributed by atoms with Gasteiger partial charge < -0.3 is 9.80 Å². The molecule has 1 N–H and O–H groups in total. The number of hydrogen-bond donors (Lipinski definition) is 1. The first-order valence-electron chi connectivity index (χ1n) is 10.5. The maximum Gasteiger partial charge on any atom is 0.234 e. The molecule has 0 atom stereocenters. The smallest absolute Gasteiger partial charge is 0.234 e. The minimum atomic E-state index is 0.0561. The molecule has 1 aliphatic carbocycles. The third-order valence-corrected chi connectivity index (χ3v) is 6.23. The molecule has 0 unspecified atom stereocenters. The number of aromatic amines is 1. The molecule has 154 valence electrons. The number of hydrogen-bond acceptors (Lipinski definition) is 4. The van der Waals surface area contributed by atoms with Crippen molar-refractivity contribution in [3.63, 3.8) is 0 Å². The number of carbonyl (C=O) groups excluding carboxylic acids is 1. The number of aromatic nitrogens is 3. The summed E-state index contributed by atoms with van der Waals surface area (Å²) in [7, 11) is 0. The van der Waals surface area contributed by atoms with Crippen molar-refractivity contribution in [2.45, 2.75) is 38.8 Å². The van der Waals surface area contributed by atoms with Crippen molar-refractivity contribution in [2.24, 2.45) is 0 Å². The lowest BCUT2D eigenvalue weighted by Crippen LogP contribution is -2.45. The number of anilines is 2. The molecule has 2 aliphatic rings. The number of aryl methyl sites for hydroxylation is 1. The number of benzene rings is 2. The molecule has 0 spiro atoms. The Labute approximate surface area is 181 Å². The van der Waals surface area contributed by atoms with Crippen molar-refractivity contribution >= 4 is 29.5 Å². The molecule has 1 aliphatic heterocycles. The fourth-order valence-electron chi connectivity index (χ4n) is 4.21. The summed E-state index contributed by atoms with van der Waals surface area (Å²) in [5.41, 5.74) is 4.48. The van der Waals surface area contributed by atoms with Gasteiger partial charge in [0.2, 0.25) is 5.91 Å². The summed E-state index contributed by atoms with van der Waals surface area (Å²) in [4.78, 5) is 17.7. The van der Waals surface area contributed by atoms with E-state index in [4.69, 9.17) is 12.2 Å². The Balaban J connectivity index is 1.41. The zero-order chi connectivity index (χ0) is 20.7. The minimum Gasteiger partial charge on any atom is -0.365 e. The molecule has 1 fully saturated rings. The molecule has 7 heteroatoms. The summed E-state index contributed by atoms with van der Waals surface area (Å²) in [5, 5.41) is 7.22. The van der Waals surface area contributed by atoms with Gasteiger partial charge in [0.05, 0.1) is 24.3 Å². The predicted molar refractivity (Wildman–Crippen MR) is 121 cm³/mol. The van der Waals surface area contributed by atoms with Gasteiger partial charge in [0.25, 0.3) is 0 Å². The number of nitrogens with zero attached hydrogens (tertiary/aromatic N) is 4. The number of H-pyrrole nitrogens is 1. The minimum absolute atomic E-state index is 0.0561. The summed E-state index contributed by atoms with van der Waals surface area (Å²) in [6.07, 6.45) is 2.71. The normalized spacial score (nSPS) is 15.9. The molecule has 30 heavy (non-hydrogen) atoms. The lowest BCUT2D eigenvalue weighted by molar-refractivity contribution is -0.118. The van der Waals surface area contributed by atoms with Gasteiger partial charge in [-0.25, -0.2) is 0 Å². The van der Waals surface area contributed by atoms with Crippen LogP contribution in [0.3, 0.4) is 0 Å². The highest BCUT2D eigenvalue weighted by molar-refractivity contribution is 7.71. The molecule has 1 aromatic heterocycles. The molecule has 1 saturated carbocycles. The summed E-state index contributed by atoms with van der Waals surface area (Å²) in [6, 6.07) is 17.1. The van der Waals surface area contributed by atoms with Gasteiger partial charge in [0, 0.05) is 19.1 Å². The van der Waals surface area contributed by atoms with Gasteiger partial charge in [-0.1, -0.05) is 36.4 Å². The summed E-state index contributed by atoms with van der Waals surface area (Å²) in [5.74, 6) is 0.730. The molecule has 2 heterocycles. The number of nitrogens with one attached hydrogen (secondary N) is 1. The number of fused-ring (bicyclic) bond motifs is 1. The average molecular weight is 420 g/mol. The van der Waals surface area contributed by atoms with Crippen LogP contribution in [0, 0.1) is 11.7 Å². The van der Waals surface area contributed by atoms with Gasteiger partial charge in [0.1, 0.15) is 5.82 Å². The molecule has 6 nitrogen and oxygen atoms in total. The highest BCUT2D eigenvalue weighted by atomic mass is 32.1. The topological polar surface area (TPSA) is 57.2 Å². The highest BCUT2D eigenvalue weighted by Crippen LogP contribution is 2.40. The zero-order valence-corrected chi connectivity index (χ0v) is 17.9. The van der Waals surface area contributed by atoms with E-state index in [1.54, 1.807) is 0 Å². The van der Waals surface area contributed by atoms with Crippen LogP contribution in [-0.4, -0.2) is 39.8 Å². The second kappa shape index (κ2) is 7.72. The van der Waals surface area contributed by atoms with E-state index in [0.717, 1.165) is 23.4 Å². The molecular weight excluding hydrogens is 394 g/mol. The van der Waals surface area contributed by atoms with Crippen LogP contribution in [-0.2, 0) is 17.8 Å². The van der Waals surface area contributed by atoms with Gasteiger partial charge >= 0.3 is 0 Å². The fourth-order valence-corrected chi connectivity index (χ4v) is 4.43. The average Bonchev–Trinajstić information content (AvgIpc) is 3.54. The van der Waals surface area contributed by atoms with E-state index in [-0.39, 0.29) is 12.3 Å². The Hall–Kier alpha value is -2.93. The van der Waals surface area contributed by atoms with E-state index in [2.05, 4.69) is 52.4 Å². The van der Waals surface area contributed by atoms with Gasteiger partial charge in [-0.05, 0) is 55.2 Å². The van der Waals surface area contributed by atoms with E-state index in [1.165, 1.54) is 18.5 Å². The quantitative estimate of drug-likeness (QED) is 0.638. The Morgan fingerprint density at radius 3 is 2.70 bits per heavy atom. The van der Waals surface area contributed by atoms with Crippen LogP contribution in [0.15, 0.2) is 48.5 Å². The van der Waals surface area contributed by atoms with Crippen LogP contribution < -0.4 is 9.80 Å². The molecule has 2 aromatic carbocycles. The molecule has 3 aromatic rings. The zero-order valence-electron chi connectivity index (χ0n) is 17.0. The Bertz CT molecular complexity index is 1130.